The molecule has 1 atom stereocenters. The molecule has 2 rings (SSSR count). The molecule has 1 heterocycles. The predicted molar refractivity (Wildman–Crippen MR) is 91.8 cm³/mol. The van der Waals surface area contributed by atoms with Crippen LogP contribution < -0.4 is 5.32 Å². The minimum Gasteiger partial charge on any atom is -0.319 e. The molecular formula is C13H18BrCl2FN2O2S. The third kappa shape index (κ3) is 4.33. The zero-order valence-corrected chi connectivity index (χ0v) is 16.0. The van der Waals surface area contributed by atoms with E-state index in [4.69, 9.17) is 11.6 Å². The van der Waals surface area contributed by atoms with Gasteiger partial charge in [-0.05, 0) is 60.4 Å². The molecule has 1 aromatic carbocycles. The molecule has 1 unspecified atom stereocenters. The van der Waals surface area contributed by atoms with Crippen LogP contribution in [0.5, 0.6) is 0 Å². The van der Waals surface area contributed by atoms with Crippen LogP contribution in [-0.2, 0) is 10.0 Å². The van der Waals surface area contributed by atoms with Crippen LogP contribution in [0, 0.1) is 11.7 Å². The van der Waals surface area contributed by atoms with Crippen LogP contribution in [0.3, 0.4) is 0 Å². The normalized spacial score (nSPS) is 19.7. The third-order valence-corrected chi connectivity index (χ3v) is 6.64. The number of halogens is 4. The molecule has 4 nitrogen and oxygen atoms in total. The van der Waals surface area contributed by atoms with Crippen molar-refractivity contribution in [1.82, 2.24) is 9.62 Å². The van der Waals surface area contributed by atoms with E-state index >= 15 is 0 Å². The van der Waals surface area contributed by atoms with Crippen LogP contribution in [0.4, 0.5) is 4.39 Å². The molecule has 0 spiro atoms. The van der Waals surface area contributed by atoms with Gasteiger partial charge in [0.25, 0.3) is 0 Å². The molecule has 1 N–H and O–H groups in total. The zero-order valence-electron chi connectivity index (χ0n) is 12.0. The summed E-state index contributed by atoms with van der Waals surface area (Å²) in [7, 11) is -2.02. The van der Waals surface area contributed by atoms with Crippen molar-refractivity contribution in [3.63, 3.8) is 0 Å². The SMILES string of the molecule is CNCC1CCCN(S(=O)(=O)c2cc(Cl)c(Br)cc2F)C1.Cl. The fourth-order valence-corrected chi connectivity index (χ4v) is 4.71. The highest BCUT2D eigenvalue weighted by atomic mass is 79.9. The van der Waals surface area contributed by atoms with Gasteiger partial charge in [-0.3, -0.25) is 0 Å². The Morgan fingerprint density at radius 3 is 2.82 bits per heavy atom. The Morgan fingerprint density at radius 2 is 2.18 bits per heavy atom. The topological polar surface area (TPSA) is 49.4 Å². The molecule has 1 fully saturated rings. The summed E-state index contributed by atoms with van der Waals surface area (Å²) >= 11 is 8.99. The Hall–Kier alpha value is 0.0800. The zero-order chi connectivity index (χ0) is 15.6. The number of hydrogen-bond donors (Lipinski definition) is 1. The molecule has 0 aliphatic carbocycles. The standard InChI is InChI=1S/C13H17BrClFN2O2S.ClH/c1-17-7-9-3-2-4-18(8-9)21(19,20)13-6-11(15)10(14)5-12(13)16;/h5-6,9,17H,2-4,7-8H2,1H3;1H. The maximum atomic E-state index is 14.0. The van der Waals surface area contributed by atoms with Crippen LogP contribution in [0.15, 0.2) is 21.5 Å². The van der Waals surface area contributed by atoms with Gasteiger partial charge in [-0.2, -0.15) is 4.31 Å². The highest BCUT2D eigenvalue weighted by molar-refractivity contribution is 9.10. The molecule has 0 saturated carbocycles. The lowest BCUT2D eigenvalue weighted by molar-refractivity contribution is 0.263. The summed E-state index contributed by atoms with van der Waals surface area (Å²) in [5.41, 5.74) is 0. The Labute approximate surface area is 150 Å². The molecule has 0 bridgehead atoms. The number of hydrogen-bond acceptors (Lipinski definition) is 3. The first-order valence-corrected chi connectivity index (χ1v) is 9.26. The van der Waals surface area contributed by atoms with Gasteiger partial charge in [0.2, 0.25) is 10.0 Å². The van der Waals surface area contributed by atoms with E-state index in [0.717, 1.165) is 31.5 Å². The van der Waals surface area contributed by atoms with Gasteiger partial charge in [0.05, 0.1) is 5.02 Å². The Balaban J connectivity index is 0.00000242. The van der Waals surface area contributed by atoms with Crippen LogP contribution in [0.1, 0.15) is 12.8 Å². The number of piperidine rings is 1. The van der Waals surface area contributed by atoms with Crippen LogP contribution in [-0.4, -0.2) is 39.4 Å². The smallest absolute Gasteiger partial charge is 0.246 e. The maximum absolute atomic E-state index is 14.0. The highest BCUT2D eigenvalue weighted by Crippen LogP contribution is 2.31. The van der Waals surface area contributed by atoms with Crippen LogP contribution >= 0.6 is 39.9 Å². The second-order valence-corrected chi connectivity index (χ2v) is 8.29. The predicted octanol–water partition coefficient (Wildman–Crippen LogP) is 3.28. The van der Waals surface area contributed by atoms with Crippen molar-refractivity contribution in [2.45, 2.75) is 17.7 Å². The van der Waals surface area contributed by atoms with Crippen molar-refractivity contribution in [3.05, 3.63) is 27.4 Å². The Bertz CT molecular complexity index is 629. The quantitative estimate of drug-likeness (QED) is 0.738. The van der Waals surface area contributed by atoms with Gasteiger partial charge >= 0.3 is 0 Å². The molecule has 1 aliphatic heterocycles. The van der Waals surface area contributed by atoms with Gasteiger partial charge < -0.3 is 5.32 Å². The number of nitrogens with zero attached hydrogens (tertiary/aromatic N) is 1. The van der Waals surface area contributed by atoms with Crippen molar-refractivity contribution >= 4 is 50.0 Å². The Morgan fingerprint density at radius 1 is 1.50 bits per heavy atom. The fraction of sp³-hybridized carbons (Fsp3) is 0.538. The van der Waals surface area contributed by atoms with Gasteiger partial charge in [0, 0.05) is 17.6 Å². The maximum Gasteiger partial charge on any atom is 0.246 e. The lowest BCUT2D eigenvalue weighted by atomic mass is 10.00. The molecule has 0 amide bonds. The third-order valence-electron chi connectivity index (χ3n) is 3.57. The highest BCUT2D eigenvalue weighted by Gasteiger charge is 2.32. The van der Waals surface area contributed by atoms with Crippen molar-refractivity contribution in [1.29, 1.82) is 0 Å². The first-order valence-electron chi connectivity index (χ1n) is 6.65. The van der Waals surface area contributed by atoms with Crippen molar-refractivity contribution < 1.29 is 12.8 Å². The van der Waals surface area contributed by atoms with Gasteiger partial charge in [-0.25, -0.2) is 12.8 Å². The van der Waals surface area contributed by atoms with E-state index in [-0.39, 0.29) is 28.2 Å². The first kappa shape index (κ1) is 20.1. The lowest BCUT2D eigenvalue weighted by Gasteiger charge is -2.32. The van der Waals surface area contributed by atoms with Crippen molar-refractivity contribution in [3.8, 4) is 0 Å². The summed E-state index contributed by atoms with van der Waals surface area (Å²) in [4.78, 5) is -0.360. The molecule has 0 aromatic heterocycles. The minimum absolute atomic E-state index is 0. The molecule has 1 saturated heterocycles. The molecule has 0 radical (unpaired) electrons. The van der Waals surface area contributed by atoms with Crippen molar-refractivity contribution in [2.24, 2.45) is 5.92 Å². The largest absolute Gasteiger partial charge is 0.319 e. The van der Waals surface area contributed by atoms with E-state index in [1.54, 1.807) is 0 Å². The monoisotopic (exact) mass is 434 g/mol. The molecular weight excluding hydrogens is 418 g/mol. The van der Waals surface area contributed by atoms with Gasteiger partial charge in [0.15, 0.2) is 0 Å². The van der Waals surface area contributed by atoms with E-state index in [1.165, 1.54) is 4.31 Å². The molecule has 1 aromatic rings. The Kier molecular flexibility index (Phi) is 7.56. The summed E-state index contributed by atoms with van der Waals surface area (Å²) in [6.45, 7) is 1.56. The number of sulfonamides is 1. The van der Waals surface area contributed by atoms with Crippen LogP contribution in [0.25, 0.3) is 0 Å². The lowest BCUT2D eigenvalue weighted by Crippen LogP contribution is -2.42. The number of rotatable bonds is 4. The van der Waals surface area contributed by atoms with Crippen LogP contribution in [0.2, 0.25) is 5.02 Å². The summed E-state index contributed by atoms with van der Waals surface area (Å²) in [6, 6.07) is 2.25. The summed E-state index contributed by atoms with van der Waals surface area (Å²) in [6.07, 6.45) is 1.74. The first-order chi connectivity index (χ1) is 9.86. The van der Waals surface area contributed by atoms with Gasteiger partial charge in [0.1, 0.15) is 10.7 Å². The fourth-order valence-electron chi connectivity index (χ4n) is 2.54. The van der Waals surface area contributed by atoms with Gasteiger partial charge in [-0.1, -0.05) is 11.6 Å². The molecule has 22 heavy (non-hydrogen) atoms. The molecule has 1 aliphatic rings. The minimum atomic E-state index is -3.86. The van der Waals surface area contributed by atoms with E-state index in [2.05, 4.69) is 21.2 Å². The van der Waals surface area contributed by atoms with E-state index in [1.807, 2.05) is 7.05 Å². The number of nitrogens with one attached hydrogen (secondary N) is 1. The second kappa shape index (κ2) is 8.26. The van der Waals surface area contributed by atoms with E-state index < -0.39 is 15.8 Å². The van der Waals surface area contributed by atoms with E-state index in [9.17, 15) is 12.8 Å². The summed E-state index contributed by atoms with van der Waals surface area (Å²) < 4.78 is 40.9. The van der Waals surface area contributed by atoms with Crippen molar-refractivity contribution in [2.75, 3.05) is 26.7 Å². The number of benzene rings is 1. The summed E-state index contributed by atoms with van der Waals surface area (Å²) in [5, 5.41) is 3.23. The molecule has 9 heteroatoms. The average molecular weight is 436 g/mol. The molecule has 126 valence electrons. The average Bonchev–Trinajstić information content (AvgIpc) is 2.43. The summed E-state index contributed by atoms with van der Waals surface area (Å²) in [5.74, 6) is -0.547. The van der Waals surface area contributed by atoms with E-state index in [0.29, 0.717) is 17.6 Å². The second-order valence-electron chi connectivity index (χ2n) is 5.13. The van der Waals surface area contributed by atoms with Gasteiger partial charge in [-0.15, -0.1) is 12.4 Å².